The van der Waals surface area contributed by atoms with E-state index in [1.54, 1.807) is 4.52 Å². The molecular weight excluding hydrogens is 232 g/mol. The molecule has 3 N–H and O–H groups in total. The van der Waals surface area contributed by atoms with Crippen molar-refractivity contribution in [2.45, 2.75) is 25.6 Å². The molecule has 18 heavy (non-hydrogen) atoms. The number of anilines is 1. The number of nitrogens with zero attached hydrogens (tertiary/aromatic N) is 3. The first-order chi connectivity index (χ1) is 8.70. The maximum absolute atomic E-state index is 9.18. The molecule has 0 saturated carbocycles. The second kappa shape index (κ2) is 4.22. The number of hydrogen-bond acceptors (Lipinski definition) is 5. The van der Waals surface area contributed by atoms with Crippen LogP contribution in [0, 0.1) is 5.92 Å². The Hall–Kier alpha value is -1.66. The first-order valence-corrected chi connectivity index (χ1v) is 6.05. The Labute approximate surface area is 104 Å². The molecule has 0 aromatic carbocycles. The largest absolute Gasteiger partial charge is 0.394 e. The van der Waals surface area contributed by atoms with Gasteiger partial charge in [-0.2, -0.15) is 5.10 Å². The summed E-state index contributed by atoms with van der Waals surface area (Å²) >= 11 is 0. The number of aromatic nitrogens is 3. The Morgan fingerprint density at radius 2 is 2.39 bits per heavy atom. The smallest absolute Gasteiger partial charge is 0.151 e. The molecule has 3 rings (SSSR count). The minimum absolute atomic E-state index is 0.0565. The molecule has 0 amide bonds. The lowest BCUT2D eigenvalue weighted by Gasteiger charge is -2.15. The monoisotopic (exact) mass is 248 g/mol. The number of fused-ring (bicyclic) bond motifs is 1. The van der Waals surface area contributed by atoms with Gasteiger partial charge in [-0.3, -0.25) is 0 Å². The van der Waals surface area contributed by atoms with E-state index in [4.69, 9.17) is 10.5 Å². The molecule has 2 aromatic rings. The summed E-state index contributed by atoms with van der Waals surface area (Å²) in [5.74, 6) is 0.803. The van der Waals surface area contributed by atoms with Gasteiger partial charge in [0.25, 0.3) is 0 Å². The van der Waals surface area contributed by atoms with Crippen molar-refractivity contribution >= 4 is 11.3 Å². The standard InChI is InChI=1S/C12H16N4O2/c1-7-4-8(5-17)18-11(7)9-2-3-10-12(13)14-6-15-16(9)10/h2-3,6-8,11,17H,4-5H2,1H3,(H2,13,14,15). The van der Waals surface area contributed by atoms with Gasteiger partial charge in [-0.25, -0.2) is 9.50 Å². The SMILES string of the molecule is CC1CC(CO)OC1c1ccc2c(N)ncnn12. The van der Waals surface area contributed by atoms with Crippen LogP contribution in [0.4, 0.5) is 5.82 Å². The molecule has 0 bridgehead atoms. The average Bonchev–Trinajstić information content (AvgIpc) is 2.93. The van der Waals surface area contributed by atoms with Crippen LogP contribution in [-0.4, -0.2) is 32.4 Å². The van der Waals surface area contributed by atoms with Gasteiger partial charge in [0.15, 0.2) is 5.82 Å². The van der Waals surface area contributed by atoms with Crippen LogP contribution < -0.4 is 5.73 Å². The van der Waals surface area contributed by atoms with Gasteiger partial charge >= 0.3 is 0 Å². The van der Waals surface area contributed by atoms with E-state index in [0.29, 0.717) is 11.7 Å². The lowest BCUT2D eigenvalue weighted by Crippen LogP contribution is -2.12. The summed E-state index contributed by atoms with van der Waals surface area (Å²) in [6.07, 6.45) is 2.15. The minimum Gasteiger partial charge on any atom is -0.394 e. The highest BCUT2D eigenvalue weighted by molar-refractivity contribution is 5.65. The van der Waals surface area contributed by atoms with Crippen LogP contribution in [0.3, 0.4) is 0 Å². The van der Waals surface area contributed by atoms with Gasteiger partial charge in [0, 0.05) is 0 Å². The topological polar surface area (TPSA) is 85.7 Å². The number of hydrogen-bond donors (Lipinski definition) is 2. The predicted molar refractivity (Wildman–Crippen MR) is 65.9 cm³/mol. The molecule has 0 aliphatic carbocycles. The summed E-state index contributed by atoms with van der Waals surface area (Å²) in [5.41, 5.74) is 7.55. The van der Waals surface area contributed by atoms with E-state index in [1.165, 1.54) is 6.33 Å². The third-order valence-corrected chi connectivity index (χ3v) is 3.50. The van der Waals surface area contributed by atoms with E-state index in [1.807, 2.05) is 12.1 Å². The molecule has 1 fully saturated rings. The maximum atomic E-state index is 9.18. The first-order valence-electron chi connectivity index (χ1n) is 6.05. The third-order valence-electron chi connectivity index (χ3n) is 3.50. The minimum atomic E-state index is -0.0882. The second-order valence-electron chi connectivity index (χ2n) is 4.77. The van der Waals surface area contributed by atoms with Crippen molar-refractivity contribution in [1.29, 1.82) is 0 Å². The molecule has 2 aromatic heterocycles. The number of rotatable bonds is 2. The number of aliphatic hydroxyl groups excluding tert-OH is 1. The molecule has 96 valence electrons. The fourth-order valence-corrected chi connectivity index (χ4v) is 2.60. The number of nitrogen functional groups attached to an aromatic ring is 1. The predicted octanol–water partition coefficient (Wildman–Crippen LogP) is 0.770. The highest BCUT2D eigenvalue weighted by Crippen LogP contribution is 2.38. The van der Waals surface area contributed by atoms with Crippen LogP contribution in [0.25, 0.3) is 5.52 Å². The van der Waals surface area contributed by atoms with Crippen LogP contribution in [0.1, 0.15) is 25.1 Å². The summed E-state index contributed by atoms with van der Waals surface area (Å²) in [6.45, 7) is 2.17. The molecule has 6 heteroatoms. The van der Waals surface area contributed by atoms with Gasteiger partial charge in [0.2, 0.25) is 0 Å². The quantitative estimate of drug-likeness (QED) is 0.820. The van der Waals surface area contributed by atoms with Crippen molar-refractivity contribution in [2.24, 2.45) is 5.92 Å². The zero-order chi connectivity index (χ0) is 12.7. The van der Waals surface area contributed by atoms with Gasteiger partial charge in [0.1, 0.15) is 17.9 Å². The molecule has 6 nitrogen and oxygen atoms in total. The third kappa shape index (κ3) is 1.65. The highest BCUT2D eigenvalue weighted by Gasteiger charge is 2.34. The molecule has 3 unspecified atom stereocenters. The summed E-state index contributed by atoms with van der Waals surface area (Å²) in [5, 5.41) is 13.4. The zero-order valence-corrected chi connectivity index (χ0v) is 10.2. The molecule has 0 radical (unpaired) electrons. The van der Waals surface area contributed by atoms with Crippen molar-refractivity contribution in [1.82, 2.24) is 14.6 Å². The molecule has 1 aliphatic rings. The van der Waals surface area contributed by atoms with Gasteiger partial charge in [-0.05, 0) is 24.5 Å². The van der Waals surface area contributed by atoms with Crippen LogP contribution in [0.5, 0.6) is 0 Å². The number of nitrogens with two attached hydrogens (primary N) is 1. The van der Waals surface area contributed by atoms with E-state index >= 15 is 0 Å². The van der Waals surface area contributed by atoms with Crippen LogP contribution in [0.2, 0.25) is 0 Å². The molecule has 3 atom stereocenters. The van der Waals surface area contributed by atoms with Crippen LogP contribution >= 0.6 is 0 Å². The molecule has 1 saturated heterocycles. The van der Waals surface area contributed by atoms with E-state index in [0.717, 1.165) is 17.6 Å². The van der Waals surface area contributed by atoms with Crippen molar-refractivity contribution in [3.05, 3.63) is 24.2 Å². The Morgan fingerprint density at radius 1 is 1.56 bits per heavy atom. The highest BCUT2D eigenvalue weighted by atomic mass is 16.5. The van der Waals surface area contributed by atoms with Crippen LogP contribution in [-0.2, 0) is 4.74 Å². The Bertz CT molecular complexity index is 568. The lowest BCUT2D eigenvalue weighted by atomic mass is 10.00. The Balaban J connectivity index is 2.02. The number of ether oxygens (including phenoxy) is 1. The number of aliphatic hydroxyl groups is 1. The van der Waals surface area contributed by atoms with E-state index in [9.17, 15) is 5.11 Å². The fourth-order valence-electron chi connectivity index (χ4n) is 2.60. The van der Waals surface area contributed by atoms with Gasteiger partial charge < -0.3 is 15.6 Å². The maximum Gasteiger partial charge on any atom is 0.151 e. The summed E-state index contributed by atoms with van der Waals surface area (Å²) in [4.78, 5) is 3.96. The average molecular weight is 248 g/mol. The molecule has 0 spiro atoms. The van der Waals surface area contributed by atoms with Crippen LogP contribution in [0.15, 0.2) is 18.5 Å². The normalized spacial score (nSPS) is 28.0. The van der Waals surface area contributed by atoms with E-state index < -0.39 is 0 Å². The second-order valence-corrected chi connectivity index (χ2v) is 4.77. The van der Waals surface area contributed by atoms with Crippen molar-refractivity contribution in [3.63, 3.8) is 0 Å². The Morgan fingerprint density at radius 3 is 3.11 bits per heavy atom. The molecular formula is C12H16N4O2. The van der Waals surface area contributed by atoms with E-state index in [2.05, 4.69) is 17.0 Å². The summed E-state index contributed by atoms with van der Waals surface area (Å²) in [7, 11) is 0. The van der Waals surface area contributed by atoms with Crippen molar-refractivity contribution in [3.8, 4) is 0 Å². The van der Waals surface area contributed by atoms with Gasteiger partial charge in [-0.15, -0.1) is 0 Å². The van der Waals surface area contributed by atoms with Gasteiger partial charge in [-0.1, -0.05) is 6.92 Å². The molecule has 3 heterocycles. The lowest BCUT2D eigenvalue weighted by molar-refractivity contribution is 0.00257. The van der Waals surface area contributed by atoms with Crippen molar-refractivity contribution < 1.29 is 9.84 Å². The van der Waals surface area contributed by atoms with Crippen molar-refractivity contribution in [2.75, 3.05) is 12.3 Å². The molecule has 1 aliphatic heterocycles. The summed E-state index contributed by atoms with van der Waals surface area (Å²) in [6, 6.07) is 3.86. The zero-order valence-electron chi connectivity index (χ0n) is 10.2. The summed E-state index contributed by atoms with van der Waals surface area (Å²) < 4.78 is 7.61. The van der Waals surface area contributed by atoms with Gasteiger partial charge in [0.05, 0.1) is 18.4 Å². The fraction of sp³-hybridized carbons (Fsp3) is 0.500. The first kappa shape index (κ1) is 11.4. The van der Waals surface area contributed by atoms with E-state index in [-0.39, 0.29) is 18.8 Å². The Kier molecular flexibility index (Phi) is 2.68.